The molecule has 0 saturated heterocycles. The van der Waals surface area contributed by atoms with E-state index in [2.05, 4.69) is 47.6 Å². The largest absolute Gasteiger partial charge is 0.261 e. The van der Waals surface area contributed by atoms with Crippen molar-refractivity contribution in [2.75, 3.05) is 0 Å². The third kappa shape index (κ3) is 8.00. The summed E-state index contributed by atoms with van der Waals surface area (Å²) in [5, 5.41) is 0. The zero-order chi connectivity index (χ0) is 20.0. The minimum Gasteiger partial charge on any atom is -0.207 e. The Bertz CT molecular complexity index is 670. The number of rotatable bonds is 10. The van der Waals surface area contributed by atoms with Gasteiger partial charge in [-0.15, -0.1) is 0 Å². The van der Waals surface area contributed by atoms with Crippen LogP contribution in [0.3, 0.4) is 0 Å². The summed E-state index contributed by atoms with van der Waals surface area (Å²) in [5.41, 5.74) is 1.96. The van der Waals surface area contributed by atoms with Crippen LogP contribution in [0, 0.1) is 5.41 Å². The van der Waals surface area contributed by atoms with Crippen LogP contribution in [0.25, 0.3) is 0 Å². The lowest BCUT2D eigenvalue weighted by molar-refractivity contribution is 0.284. The minimum absolute atomic E-state index is 0.104. The predicted molar refractivity (Wildman–Crippen MR) is 114 cm³/mol. The minimum atomic E-state index is -3.74. The zero-order valence-electron chi connectivity index (χ0n) is 17.5. The molecule has 0 bridgehead atoms. The second-order valence-electron chi connectivity index (χ2n) is 9.40. The average molecular weight is 401 g/mol. The number of halogens is 1. The highest BCUT2D eigenvalue weighted by atomic mass is 35.7. The molecule has 2 nitrogen and oxygen atoms in total. The summed E-state index contributed by atoms with van der Waals surface area (Å²) >= 11 is 0. The fraction of sp³-hybridized carbons (Fsp3) is 0.727. The molecule has 1 aromatic rings. The van der Waals surface area contributed by atoms with Gasteiger partial charge in [0.05, 0.1) is 4.90 Å². The Labute approximate surface area is 166 Å². The van der Waals surface area contributed by atoms with Gasteiger partial charge in [0.1, 0.15) is 0 Å². The molecule has 1 aromatic carbocycles. The number of unbranched alkanes of at least 4 members (excludes halogenated alkanes) is 5. The van der Waals surface area contributed by atoms with Gasteiger partial charge in [-0.1, -0.05) is 85.8 Å². The van der Waals surface area contributed by atoms with Gasteiger partial charge in [0.15, 0.2) is 0 Å². The fourth-order valence-corrected chi connectivity index (χ4v) is 5.11. The van der Waals surface area contributed by atoms with Crippen molar-refractivity contribution in [3.63, 3.8) is 0 Å². The lowest BCUT2D eigenvalue weighted by Gasteiger charge is -2.33. The van der Waals surface area contributed by atoms with E-state index in [1.54, 1.807) is 6.07 Å². The van der Waals surface area contributed by atoms with Crippen LogP contribution >= 0.6 is 10.7 Å². The van der Waals surface area contributed by atoms with Crippen LogP contribution in [-0.4, -0.2) is 8.42 Å². The van der Waals surface area contributed by atoms with Crippen LogP contribution in [0.15, 0.2) is 23.1 Å². The number of aryl methyl sites for hydroxylation is 1. The second-order valence-corrected chi connectivity index (χ2v) is 11.9. The Morgan fingerprint density at radius 1 is 0.923 bits per heavy atom. The summed E-state index contributed by atoms with van der Waals surface area (Å²) in [6.45, 7) is 13.2. The van der Waals surface area contributed by atoms with Crippen molar-refractivity contribution in [2.24, 2.45) is 5.41 Å². The maximum Gasteiger partial charge on any atom is 0.261 e. The Morgan fingerprint density at radius 3 is 2.04 bits per heavy atom. The van der Waals surface area contributed by atoms with Crippen LogP contribution in [-0.2, 0) is 20.9 Å². The van der Waals surface area contributed by atoms with Crippen molar-refractivity contribution in [3.05, 3.63) is 29.3 Å². The quantitative estimate of drug-likeness (QED) is 0.306. The molecule has 0 heterocycles. The van der Waals surface area contributed by atoms with Gasteiger partial charge >= 0.3 is 0 Å². The van der Waals surface area contributed by atoms with E-state index in [1.807, 2.05) is 6.07 Å². The van der Waals surface area contributed by atoms with Crippen LogP contribution in [0.4, 0.5) is 0 Å². The smallest absolute Gasteiger partial charge is 0.207 e. The first-order chi connectivity index (χ1) is 11.9. The monoisotopic (exact) mass is 400 g/mol. The summed E-state index contributed by atoms with van der Waals surface area (Å²) in [6, 6.07) is 5.87. The molecule has 0 spiro atoms. The SMILES string of the molecule is CCCCCCCCc1ccc(C(C)(C)CC(C)(C)C)cc1S(=O)(=O)Cl. The molecule has 0 saturated carbocycles. The van der Waals surface area contributed by atoms with Crippen molar-refractivity contribution in [1.82, 2.24) is 0 Å². The normalized spacial score (nSPS) is 13.2. The summed E-state index contributed by atoms with van der Waals surface area (Å²) in [6.07, 6.45) is 8.88. The third-order valence-electron chi connectivity index (χ3n) is 4.88. The van der Waals surface area contributed by atoms with Crippen LogP contribution in [0.5, 0.6) is 0 Å². The van der Waals surface area contributed by atoms with E-state index in [1.165, 1.54) is 25.7 Å². The van der Waals surface area contributed by atoms with Gasteiger partial charge in [0.2, 0.25) is 0 Å². The molecule has 4 heteroatoms. The topological polar surface area (TPSA) is 34.1 Å². The molecule has 0 N–H and O–H groups in total. The molecule has 0 fully saturated rings. The van der Waals surface area contributed by atoms with E-state index in [0.717, 1.165) is 36.8 Å². The molecule has 0 unspecified atom stereocenters. The number of hydrogen-bond donors (Lipinski definition) is 0. The molecule has 0 aromatic heterocycles. The highest BCUT2D eigenvalue weighted by Crippen LogP contribution is 2.38. The first-order valence-corrected chi connectivity index (χ1v) is 12.3. The summed E-state index contributed by atoms with van der Waals surface area (Å²) in [5.74, 6) is 0. The van der Waals surface area contributed by atoms with Crippen molar-refractivity contribution in [1.29, 1.82) is 0 Å². The molecule has 0 aliphatic carbocycles. The van der Waals surface area contributed by atoms with E-state index in [0.29, 0.717) is 4.90 Å². The molecule has 1 rings (SSSR count). The molecular weight excluding hydrogens is 364 g/mol. The summed E-state index contributed by atoms with van der Waals surface area (Å²) in [4.78, 5) is 0.298. The Morgan fingerprint density at radius 2 is 1.50 bits per heavy atom. The Kier molecular flexibility index (Phi) is 8.67. The maximum atomic E-state index is 12.2. The molecule has 26 heavy (non-hydrogen) atoms. The van der Waals surface area contributed by atoms with Gasteiger partial charge < -0.3 is 0 Å². The average Bonchev–Trinajstić information content (AvgIpc) is 2.47. The van der Waals surface area contributed by atoms with Crippen molar-refractivity contribution < 1.29 is 8.42 Å². The number of benzene rings is 1. The van der Waals surface area contributed by atoms with Crippen LogP contribution in [0.1, 0.15) is 97.6 Å². The highest BCUT2D eigenvalue weighted by molar-refractivity contribution is 8.13. The molecular formula is C22H37ClO2S. The van der Waals surface area contributed by atoms with Gasteiger partial charge in [-0.2, -0.15) is 0 Å². The summed E-state index contributed by atoms with van der Waals surface area (Å²) in [7, 11) is 2.03. The molecule has 0 atom stereocenters. The van der Waals surface area contributed by atoms with Gasteiger partial charge in [-0.25, -0.2) is 8.42 Å². The lowest BCUT2D eigenvalue weighted by atomic mass is 9.72. The first-order valence-electron chi connectivity index (χ1n) is 9.95. The molecule has 0 amide bonds. The molecule has 0 radical (unpaired) electrons. The van der Waals surface area contributed by atoms with Gasteiger partial charge in [-0.3, -0.25) is 0 Å². The predicted octanol–water partition coefficient (Wildman–Crippen LogP) is 7.23. The third-order valence-corrected chi connectivity index (χ3v) is 6.29. The van der Waals surface area contributed by atoms with E-state index in [-0.39, 0.29) is 10.8 Å². The molecule has 0 aliphatic rings. The van der Waals surface area contributed by atoms with Crippen molar-refractivity contribution >= 4 is 19.7 Å². The van der Waals surface area contributed by atoms with Gasteiger partial charge in [0.25, 0.3) is 9.05 Å². The van der Waals surface area contributed by atoms with E-state index < -0.39 is 9.05 Å². The standard InChI is InChI=1S/C22H37ClO2S/c1-7-8-9-10-11-12-13-18-14-15-19(16-20(18)26(23,24)25)22(5,6)17-21(2,3)4/h14-16H,7-13,17H2,1-6H3. The van der Waals surface area contributed by atoms with Crippen LogP contribution < -0.4 is 0 Å². The molecule has 150 valence electrons. The Balaban J connectivity index is 2.97. The summed E-state index contributed by atoms with van der Waals surface area (Å²) < 4.78 is 24.3. The zero-order valence-corrected chi connectivity index (χ0v) is 19.1. The molecule has 0 aliphatic heterocycles. The fourth-order valence-electron chi connectivity index (χ4n) is 3.93. The van der Waals surface area contributed by atoms with E-state index in [4.69, 9.17) is 10.7 Å². The van der Waals surface area contributed by atoms with Crippen LogP contribution in [0.2, 0.25) is 0 Å². The highest BCUT2D eigenvalue weighted by Gasteiger charge is 2.29. The van der Waals surface area contributed by atoms with Gasteiger partial charge in [0, 0.05) is 10.7 Å². The van der Waals surface area contributed by atoms with Crippen molar-refractivity contribution in [2.45, 2.75) is 103 Å². The Hall–Kier alpha value is -0.540. The van der Waals surface area contributed by atoms with Gasteiger partial charge in [-0.05, 0) is 47.3 Å². The van der Waals surface area contributed by atoms with E-state index >= 15 is 0 Å². The van der Waals surface area contributed by atoms with E-state index in [9.17, 15) is 8.42 Å². The maximum absolute atomic E-state index is 12.2. The lowest BCUT2D eigenvalue weighted by Crippen LogP contribution is -2.25. The number of hydrogen-bond acceptors (Lipinski definition) is 2. The second kappa shape index (κ2) is 9.59. The first kappa shape index (κ1) is 23.5. The van der Waals surface area contributed by atoms with Crippen molar-refractivity contribution in [3.8, 4) is 0 Å².